The molecule has 168 valence electrons. The number of carbonyl (C=O) groups is 2. The number of benzene rings is 2. The van der Waals surface area contributed by atoms with Gasteiger partial charge in [0, 0.05) is 6.54 Å². The highest BCUT2D eigenvalue weighted by molar-refractivity contribution is 7.98. The van der Waals surface area contributed by atoms with E-state index in [-0.39, 0.29) is 18.2 Å². The topological polar surface area (TPSA) is 104 Å². The Kier molecular flexibility index (Phi) is 9.83. The molecule has 0 radical (unpaired) electrons. The van der Waals surface area contributed by atoms with Gasteiger partial charge in [0.05, 0.1) is 16.3 Å². The molecule has 0 heterocycles. The Morgan fingerprint density at radius 1 is 1.06 bits per heavy atom. The predicted octanol–water partition coefficient (Wildman–Crippen LogP) is 2.56. The van der Waals surface area contributed by atoms with Crippen molar-refractivity contribution in [1.29, 1.82) is 0 Å². The van der Waals surface area contributed by atoms with E-state index in [1.165, 1.54) is 7.05 Å². The Morgan fingerprint density at radius 2 is 1.71 bits per heavy atom. The van der Waals surface area contributed by atoms with Gasteiger partial charge in [-0.2, -0.15) is 11.8 Å². The van der Waals surface area contributed by atoms with Crippen molar-refractivity contribution in [3.63, 3.8) is 0 Å². The molecule has 3 N–H and O–H groups in total. The molecule has 0 spiro atoms. The Balaban J connectivity index is 1.99. The monoisotopic (exact) mass is 483 g/mol. The maximum Gasteiger partial charge on any atom is 0.253 e. The minimum atomic E-state index is -3.34. The summed E-state index contributed by atoms with van der Waals surface area (Å²) in [7, 11) is -1.97. The van der Waals surface area contributed by atoms with E-state index in [2.05, 4.69) is 15.4 Å². The molecule has 7 nitrogen and oxygen atoms in total. The van der Waals surface area contributed by atoms with Crippen LogP contribution in [0.15, 0.2) is 48.5 Å². The number of sulfonamides is 1. The summed E-state index contributed by atoms with van der Waals surface area (Å²) in [6, 6.07) is 12.9. The number of halogens is 1. The highest BCUT2D eigenvalue weighted by atomic mass is 35.5. The molecule has 0 saturated heterocycles. The molecule has 0 bridgehead atoms. The van der Waals surface area contributed by atoms with Crippen LogP contribution in [0.3, 0.4) is 0 Å². The third-order valence-corrected chi connectivity index (χ3v) is 6.82. The molecule has 0 aliphatic rings. The van der Waals surface area contributed by atoms with Crippen molar-refractivity contribution in [2.75, 3.05) is 19.1 Å². The molecule has 31 heavy (non-hydrogen) atoms. The van der Waals surface area contributed by atoms with Gasteiger partial charge < -0.3 is 10.6 Å². The zero-order valence-electron chi connectivity index (χ0n) is 17.4. The van der Waals surface area contributed by atoms with E-state index in [0.717, 1.165) is 5.56 Å². The summed E-state index contributed by atoms with van der Waals surface area (Å²) in [4.78, 5) is 25.3. The van der Waals surface area contributed by atoms with Gasteiger partial charge in [-0.1, -0.05) is 48.0 Å². The number of hydrogen-bond acceptors (Lipinski definition) is 5. The van der Waals surface area contributed by atoms with Gasteiger partial charge in [0.25, 0.3) is 5.91 Å². The average molecular weight is 484 g/mol. The summed E-state index contributed by atoms with van der Waals surface area (Å²) in [6.45, 7) is 0.260. The van der Waals surface area contributed by atoms with Crippen LogP contribution >= 0.6 is 23.4 Å². The molecule has 0 aliphatic heterocycles. The molecule has 2 aromatic rings. The van der Waals surface area contributed by atoms with Gasteiger partial charge in [-0.15, -0.1) is 0 Å². The molecule has 1 atom stereocenters. The molecule has 1 unspecified atom stereocenters. The smallest absolute Gasteiger partial charge is 0.253 e. The molecular weight excluding hydrogens is 458 g/mol. The van der Waals surface area contributed by atoms with E-state index >= 15 is 0 Å². The van der Waals surface area contributed by atoms with Crippen LogP contribution in [-0.4, -0.2) is 45.3 Å². The van der Waals surface area contributed by atoms with Crippen LogP contribution in [0.4, 0.5) is 0 Å². The zero-order chi connectivity index (χ0) is 22.9. The normalized spacial score (nSPS) is 12.2. The minimum absolute atomic E-state index is 0.110. The van der Waals surface area contributed by atoms with Gasteiger partial charge in [-0.3, -0.25) is 9.59 Å². The predicted molar refractivity (Wildman–Crippen MR) is 126 cm³/mol. The summed E-state index contributed by atoms with van der Waals surface area (Å²) < 4.78 is 25.5. The molecule has 0 saturated carbocycles. The third kappa shape index (κ3) is 8.17. The van der Waals surface area contributed by atoms with Gasteiger partial charge >= 0.3 is 0 Å². The number of hydrogen-bond donors (Lipinski definition) is 3. The van der Waals surface area contributed by atoms with Crippen LogP contribution in [0.2, 0.25) is 5.02 Å². The Labute approximate surface area is 192 Å². The number of nitrogens with one attached hydrogen (secondary N) is 3. The fourth-order valence-electron chi connectivity index (χ4n) is 2.74. The second-order valence-electron chi connectivity index (χ2n) is 6.78. The van der Waals surface area contributed by atoms with Crippen LogP contribution in [0, 0.1) is 0 Å². The van der Waals surface area contributed by atoms with E-state index < -0.39 is 22.0 Å². The van der Waals surface area contributed by atoms with Crippen LogP contribution < -0.4 is 15.4 Å². The number of thioether (sulfide) groups is 1. The summed E-state index contributed by atoms with van der Waals surface area (Å²) in [5.41, 5.74) is 1.78. The standard InChI is InChI=1S/C21H26ClN3O4S2/c1-23-31(28,29)14-16-9-7-15(8-10-16)13-24-21(27)19(11-12-30-2)25-20(26)17-5-3-4-6-18(17)22/h3-10,19,23H,11-14H2,1-2H3,(H,24,27)(H,25,26). The van der Waals surface area contributed by atoms with Crippen LogP contribution in [0.5, 0.6) is 0 Å². The molecule has 2 rings (SSSR count). The first-order chi connectivity index (χ1) is 14.8. The van der Waals surface area contributed by atoms with Gasteiger partial charge in [-0.05, 0) is 48.7 Å². The van der Waals surface area contributed by atoms with Crippen molar-refractivity contribution in [3.05, 3.63) is 70.2 Å². The molecular formula is C21H26ClN3O4S2. The minimum Gasteiger partial charge on any atom is -0.350 e. The molecule has 2 amide bonds. The fourth-order valence-corrected chi connectivity index (χ4v) is 4.21. The quantitative estimate of drug-likeness (QED) is 0.455. The lowest BCUT2D eigenvalue weighted by Crippen LogP contribution is -2.47. The first-order valence-electron chi connectivity index (χ1n) is 9.57. The molecule has 0 aromatic heterocycles. The SMILES string of the molecule is CNS(=O)(=O)Cc1ccc(CNC(=O)C(CCSC)NC(=O)c2ccccc2Cl)cc1. The zero-order valence-corrected chi connectivity index (χ0v) is 19.7. The van der Waals surface area contributed by atoms with E-state index in [9.17, 15) is 18.0 Å². The van der Waals surface area contributed by atoms with Crippen molar-refractivity contribution < 1.29 is 18.0 Å². The van der Waals surface area contributed by atoms with Crippen LogP contribution in [-0.2, 0) is 27.1 Å². The summed E-state index contributed by atoms with van der Waals surface area (Å²) in [5.74, 6) is -0.102. The van der Waals surface area contributed by atoms with E-state index in [4.69, 9.17) is 11.6 Å². The van der Waals surface area contributed by atoms with Gasteiger partial charge in [0.2, 0.25) is 15.9 Å². The van der Waals surface area contributed by atoms with Crippen molar-refractivity contribution in [2.24, 2.45) is 0 Å². The maximum absolute atomic E-state index is 12.7. The number of carbonyl (C=O) groups excluding carboxylic acids is 2. The number of rotatable bonds is 11. The van der Waals surface area contributed by atoms with Crippen LogP contribution in [0.1, 0.15) is 27.9 Å². The lowest BCUT2D eigenvalue weighted by Gasteiger charge is -2.18. The first-order valence-corrected chi connectivity index (χ1v) is 13.0. The summed E-state index contributed by atoms with van der Waals surface area (Å²) in [6.07, 6.45) is 2.41. The van der Waals surface area contributed by atoms with Gasteiger partial charge in [0.1, 0.15) is 6.04 Å². The van der Waals surface area contributed by atoms with Crippen LogP contribution in [0.25, 0.3) is 0 Å². The fraction of sp³-hybridized carbons (Fsp3) is 0.333. The van der Waals surface area contributed by atoms with Crippen molar-refractivity contribution in [1.82, 2.24) is 15.4 Å². The van der Waals surface area contributed by atoms with Crippen molar-refractivity contribution >= 4 is 45.2 Å². The number of amides is 2. The highest BCUT2D eigenvalue weighted by Crippen LogP contribution is 2.15. The lowest BCUT2D eigenvalue weighted by molar-refractivity contribution is -0.123. The lowest BCUT2D eigenvalue weighted by atomic mass is 10.1. The van der Waals surface area contributed by atoms with Crippen molar-refractivity contribution in [2.45, 2.75) is 24.8 Å². The summed E-state index contributed by atoms with van der Waals surface area (Å²) in [5, 5.41) is 5.92. The van der Waals surface area contributed by atoms with Gasteiger partial charge in [0.15, 0.2) is 0 Å². The second kappa shape index (κ2) is 12.1. The maximum atomic E-state index is 12.7. The Hall–Kier alpha value is -2.07. The molecule has 0 aliphatic carbocycles. The van der Waals surface area contributed by atoms with Crippen molar-refractivity contribution in [3.8, 4) is 0 Å². The second-order valence-corrected chi connectivity index (χ2v) is 10.1. The highest BCUT2D eigenvalue weighted by Gasteiger charge is 2.22. The largest absolute Gasteiger partial charge is 0.350 e. The third-order valence-electron chi connectivity index (χ3n) is 4.51. The van der Waals surface area contributed by atoms with Gasteiger partial charge in [-0.25, -0.2) is 13.1 Å². The first kappa shape index (κ1) is 25.2. The molecule has 2 aromatic carbocycles. The average Bonchev–Trinajstić information content (AvgIpc) is 2.75. The molecule has 10 heteroatoms. The van der Waals surface area contributed by atoms with E-state index in [1.807, 2.05) is 6.26 Å². The van der Waals surface area contributed by atoms with E-state index in [1.54, 1.807) is 60.3 Å². The Bertz CT molecular complexity index is 998. The van der Waals surface area contributed by atoms with E-state index in [0.29, 0.717) is 28.3 Å². The Morgan fingerprint density at radius 3 is 2.32 bits per heavy atom. The summed E-state index contributed by atoms with van der Waals surface area (Å²) >= 11 is 7.67. The molecule has 0 fully saturated rings.